The fourth-order valence-electron chi connectivity index (χ4n) is 1.92. The minimum atomic E-state index is -0.0539. The van der Waals surface area contributed by atoms with Gasteiger partial charge in [-0.3, -0.25) is 9.48 Å². The molecule has 0 spiro atoms. The Labute approximate surface area is 112 Å². The van der Waals surface area contributed by atoms with E-state index < -0.39 is 0 Å². The van der Waals surface area contributed by atoms with Gasteiger partial charge in [-0.05, 0) is 19.4 Å². The van der Waals surface area contributed by atoms with Crippen LogP contribution in [0.3, 0.4) is 0 Å². The van der Waals surface area contributed by atoms with E-state index in [0.717, 1.165) is 17.1 Å². The van der Waals surface area contributed by atoms with Gasteiger partial charge < -0.3 is 15.6 Å². The van der Waals surface area contributed by atoms with Crippen LogP contribution in [0.4, 0.5) is 5.82 Å². The molecule has 19 heavy (non-hydrogen) atoms. The number of aromatic nitrogens is 3. The number of H-pyrrole nitrogens is 1. The van der Waals surface area contributed by atoms with E-state index >= 15 is 0 Å². The van der Waals surface area contributed by atoms with Crippen LogP contribution in [0.25, 0.3) is 0 Å². The average Bonchev–Trinajstić information content (AvgIpc) is 2.91. The third-order valence-corrected chi connectivity index (χ3v) is 2.92. The van der Waals surface area contributed by atoms with Gasteiger partial charge in [-0.25, -0.2) is 0 Å². The fraction of sp³-hybridized carbons (Fsp3) is 0.385. The minimum Gasteiger partial charge on any atom is -0.369 e. The van der Waals surface area contributed by atoms with Crippen molar-refractivity contribution in [2.24, 2.45) is 7.05 Å². The Morgan fingerprint density at radius 1 is 1.37 bits per heavy atom. The molecule has 0 bridgehead atoms. The number of amides is 1. The van der Waals surface area contributed by atoms with Crippen LogP contribution in [0, 0.1) is 13.8 Å². The van der Waals surface area contributed by atoms with Crippen molar-refractivity contribution in [2.45, 2.75) is 13.8 Å². The number of nitrogens with one attached hydrogen (secondary N) is 3. The van der Waals surface area contributed by atoms with Crippen molar-refractivity contribution in [1.29, 1.82) is 0 Å². The zero-order chi connectivity index (χ0) is 13.8. The normalized spacial score (nSPS) is 10.5. The van der Waals surface area contributed by atoms with Crippen molar-refractivity contribution < 1.29 is 4.79 Å². The second-order valence-electron chi connectivity index (χ2n) is 4.53. The lowest BCUT2D eigenvalue weighted by Crippen LogP contribution is -2.29. The fourth-order valence-corrected chi connectivity index (χ4v) is 1.92. The van der Waals surface area contributed by atoms with E-state index in [2.05, 4.69) is 20.7 Å². The second-order valence-corrected chi connectivity index (χ2v) is 4.53. The molecule has 0 saturated carbocycles. The van der Waals surface area contributed by atoms with Crippen LogP contribution in [-0.2, 0) is 7.05 Å². The Hall–Kier alpha value is -2.24. The van der Waals surface area contributed by atoms with Gasteiger partial charge in [0.1, 0.15) is 5.82 Å². The summed E-state index contributed by atoms with van der Waals surface area (Å²) in [5.74, 6) is 0.895. The molecule has 0 aliphatic carbocycles. The van der Waals surface area contributed by atoms with Gasteiger partial charge in [0.2, 0.25) is 0 Å². The lowest BCUT2D eigenvalue weighted by molar-refractivity contribution is 0.0955. The maximum atomic E-state index is 11.8. The number of carbonyl (C=O) groups excluding carboxylic acids is 1. The average molecular weight is 261 g/mol. The molecule has 2 aromatic heterocycles. The van der Waals surface area contributed by atoms with Gasteiger partial charge in [-0.1, -0.05) is 0 Å². The number of aryl methyl sites for hydroxylation is 3. The van der Waals surface area contributed by atoms with Gasteiger partial charge in [0.05, 0.1) is 11.3 Å². The largest absolute Gasteiger partial charge is 0.369 e. The van der Waals surface area contributed by atoms with Crippen molar-refractivity contribution >= 4 is 11.7 Å². The Kier molecular flexibility index (Phi) is 3.89. The van der Waals surface area contributed by atoms with E-state index in [9.17, 15) is 4.79 Å². The maximum absolute atomic E-state index is 11.8. The summed E-state index contributed by atoms with van der Waals surface area (Å²) >= 11 is 0. The van der Waals surface area contributed by atoms with Crippen molar-refractivity contribution in [2.75, 3.05) is 18.4 Å². The molecule has 0 unspecified atom stereocenters. The van der Waals surface area contributed by atoms with E-state index in [0.29, 0.717) is 18.7 Å². The molecule has 0 saturated heterocycles. The lowest BCUT2D eigenvalue weighted by Gasteiger charge is -2.07. The third kappa shape index (κ3) is 3.15. The Morgan fingerprint density at radius 2 is 2.16 bits per heavy atom. The molecule has 1 amide bonds. The summed E-state index contributed by atoms with van der Waals surface area (Å²) in [6.07, 6.45) is 3.52. The molecule has 6 heteroatoms. The molecule has 102 valence electrons. The first-order chi connectivity index (χ1) is 9.08. The van der Waals surface area contributed by atoms with E-state index in [1.807, 2.05) is 33.2 Å². The summed E-state index contributed by atoms with van der Waals surface area (Å²) in [6, 6.07) is 1.97. The first-order valence-corrected chi connectivity index (χ1v) is 6.24. The molecule has 6 nitrogen and oxygen atoms in total. The molecule has 0 atom stereocenters. The summed E-state index contributed by atoms with van der Waals surface area (Å²) in [4.78, 5) is 14.7. The molecule has 2 rings (SSSR count). The van der Waals surface area contributed by atoms with Gasteiger partial charge in [0.25, 0.3) is 5.91 Å². The molecular formula is C13H19N5O. The van der Waals surface area contributed by atoms with Crippen LogP contribution < -0.4 is 10.6 Å². The summed E-state index contributed by atoms with van der Waals surface area (Å²) in [5, 5.41) is 10.3. The molecule has 0 aliphatic rings. The highest BCUT2D eigenvalue weighted by Crippen LogP contribution is 2.07. The van der Waals surface area contributed by atoms with Crippen LogP contribution in [-0.4, -0.2) is 33.8 Å². The minimum absolute atomic E-state index is 0.0539. The zero-order valence-corrected chi connectivity index (χ0v) is 11.4. The SMILES string of the molecule is Cc1cc(NCCNC(=O)c2c[nH]cc2C)n(C)n1. The van der Waals surface area contributed by atoms with Crippen LogP contribution in [0.1, 0.15) is 21.6 Å². The number of aromatic amines is 1. The van der Waals surface area contributed by atoms with Gasteiger partial charge in [0, 0.05) is 38.6 Å². The van der Waals surface area contributed by atoms with E-state index in [-0.39, 0.29) is 5.91 Å². The van der Waals surface area contributed by atoms with Crippen LogP contribution in [0.2, 0.25) is 0 Å². The van der Waals surface area contributed by atoms with Crippen molar-refractivity contribution in [3.05, 3.63) is 35.3 Å². The van der Waals surface area contributed by atoms with Crippen LogP contribution in [0.15, 0.2) is 18.5 Å². The molecular weight excluding hydrogens is 242 g/mol. The summed E-state index contributed by atoms with van der Waals surface area (Å²) in [6.45, 7) is 5.07. The summed E-state index contributed by atoms with van der Waals surface area (Å²) in [5.41, 5.74) is 2.61. The van der Waals surface area contributed by atoms with Gasteiger partial charge in [-0.15, -0.1) is 0 Å². The second kappa shape index (κ2) is 5.60. The van der Waals surface area contributed by atoms with Crippen LogP contribution in [0.5, 0.6) is 0 Å². The molecule has 2 heterocycles. The van der Waals surface area contributed by atoms with Gasteiger partial charge >= 0.3 is 0 Å². The van der Waals surface area contributed by atoms with Gasteiger partial charge in [-0.2, -0.15) is 5.10 Å². The van der Waals surface area contributed by atoms with Crippen molar-refractivity contribution in [3.8, 4) is 0 Å². The monoisotopic (exact) mass is 261 g/mol. The van der Waals surface area contributed by atoms with Crippen LogP contribution >= 0.6 is 0 Å². The molecule has 0 aliphatic heterocycles. The lowest BCUT2D eigenvalue weighted by atomic mass is 10.2. The highest BCUT2D eigenvalue weighted by molar-refractivity contribution is 5.95. The predicted octanol–water partition coefficient (Wildman–Crippen LogP) is 1.21. The maximum Gasteiger partial charge on any atom is 0.253 e. The molecule has 2 aromatic rings. The third-order valence-electron chi connectivity index (χ3n) is 2.92. The number of nitrogens with zero attached hydrogens (tertiary/aromatic N) is 2. The summed E-state index contributed by atoms with van der Waals surface area (Å²) < 4.78 is 1.79. The standard InChI is InChI=1S/C13H19N5O/c1-9-7-14-8-11(9)13(19)16-5-4-15-12-6-10(2)17-18(12)3/h6-8,14-15H,4-5H2,1-3H3,(H,16,19). The molecule has 0 radical (unpaired) electrons. The number of hydrogen-bond donors (Lipinski definition) is 3. The quantitative estimate of drug-likeness (QED) is 0.708. The molecule has 3 N–H and O–H groups in total. The molecule has 0 aromatic carbocycles. The first-order valence-electron chi connectivity index (χ1n) is 6.24. The summed E-state index contributed by atoms with van der Waals surface area (Å²) in [7, 11) is 1.89. The van der Waals surface area contributed by atoms with E-state index in [4.69, 9.17) is 0 Å². The first kappa shape index (κ1) is 13.2. The zero-order valence-electron chi connectivity index (χ0n) is 11.4. The van der Waals surface area contributed by atoms with E-state index in [1.54, 1.807) is 10.9 Å². The number of rotatable bonds is 5. The molecule has 0 fully saturated rings. The number of hydrogen-bond acceptors (Lipinski definition) is 3. The van der Waals surface area contributed by atoms with Crippen molar-refractivity contribution in [1.82, 2.24) is 20.1 Å². The Morgan fingerprint density at radius 3 is 2.74 bits per heavy atom. The predicted molar refractivity (Wildman–Crippen MR) is 74.3 cm³/mol. The number of carbonyl (C=O) groups is 1. The highest BCUT2D eigenvalue weighted by Gasteiger charge is 2.08. The van der Waals surface area contributed by atoms with Gasteiger partial charge in [0.15, 0.2) is 0 Å². The smallest absolute Gasteiger partial charge is 0.253 e. The van der Waals surface area contributed by atoms with E-state index in [1.165, 1.54) is 0 Å². The topological polar surface area (TPSA) is 74.7 Å². The van der Waals surface area contributed by atoms with Crippen molar-refractivity contribution in [3.63, 3.8) is 0 Å². The highest BCUT2D eigenvalue weighted by atomic mass is 16.1. The number of anilines is 1. The Balaban J connectivity index is 1.77. The Bertz CT molecular complexity index is 569.